The van der Waals surface area contributed by atoms with Crippen LogP contribution in [0.25, 0.3) is 11.1 Å². The third-order valence-electron chi connectivity index (χ3n) is 4.04. The molecule has 0 aliphatic carbocycles. The van der Waals surface area contributed by atoms with Crippen LogP contribution in [0.15, 0.2) is 59.7 Å². The average molecular weight is 365 g/mol. The van der Waals surface area contributed by atoms with Gasteiger partial charge in [-0.15, -0.1) is 11.3 Å². The molecule has 1 aromatic heterocycles. The van der Waals surface area contributed by atoms with Crippen LogP contribution in [-0.4, -0.2) is 18.0 Å². The summed E-state index contributed by atoms with van der Waals surface area (Å²) in [6, 6.07) is 17.2. The highest BCUT2D eigenvalue weighted by molar-refractivity contribution is 7.11. The summed E-state index contributed by atoms with van der Waals surface area (Å²) in [5.41, 5.74) is 4.97. The van der Waals surface area contributed by atoms with Gasteiger partial charge in [0.2, 0.25) is 0 Å². The minimum Gasteiger partial charge on any atom is -0.352 e. The molecule has 3 rings (SSSR count). The molecule has 2 N–H and O–H groups in total. The normalized spacial score (nSPS) is 11.4. The Morgan fingerprint density at radius 1 is 1.00 bits per heavy atom. The summed E-state index contributed by atoms with van der Waals surface area (Å²) in [7, 11) is 1.78. The Balaban J connectivity index is 1.60. The van der Waals surface area contributed by atoms with Crippen molar-refractivity contribution in [1.29, 1.82) is 0 Å². The van der Waals surface area contributed by atoms with Crippen molar-refractivity contribution in [3.8, 4) is 11.1 Å². The smallest absolute Gasteiger partial charge is 0.191 e. The first-order valence-electron chi connectivity index (χ1n) is 8.66. The number of aromatic nitrogens is 1. The monoisotopic (exact) mass is 364 g/mol. The molecule has 0 saturated heterocycles. The van der Waals surface area contributed by atoms with Crippen molar-refractivity contribution in [1.82, 2.24) is 15.6 Å². The molecule has 134 valence electrons. The molecule has 0 bridgehead atoms. The fourth-order valence-corrected chi connectivity index (χ4v) is 3.46. The maximum atomic E-state index is 4.37. The standard InChI is InChI=1S/C21H24N4S/c1-15-6-4-8-18(10-15)19-9-5-7-17(11-19)13-24-21(22-3)25-14-20-23-12-16(2)26-20/h4-12H,13-14H2,1-3H3,(H2,22,24,25). The lowest BCUT2D eigenvalue weighted by Crippen LogP contribution is -2.36. The summed E-state index contributed by atoms with van der Waals surface area (Å²) in [6.07, 6.45) is 1.90. The zero-order valence-electron chi connectivity index (χ0n) is 15.4. The maximum absolute atomic E-state index is 4.37. The third kappa shape index (κ3) is 4.92. The molecule has 1 heterocycles. The number of hydrogen-bond donors (Lipinski definition) is 2. The van der Waals surface area contributed by atoms with Crippen molar-refractivity contribution in [2.24, 2.45) is 4.99 Å². The molecular weight excluding hydrogens is 340 g/mol. The summed E-state index contributed by atoms with van der Waals surface area (Å²) in [5.74, 6) is 0.777. The Morgan fingerprint density at radius 3 is 2.42 bits per heavy atom. The molecule has 0 aliphatic heterocycles. The number of thiazole rings is 1. The molecule has 0 fully saturated rings. The summed E-state index contributed by atoms with van der Waals surface area (Å²) in [6.45, 7) is 5.59. The second-order valence-corrected chi connectivity index (χ2v) is 7.53. The predicted octanol–water partition coefficient (Wildman–Crippen LogP) is 4.29. The highest BCUT2D eigenvalue weighted by Crippen LogP contribution is 2.21. The van der Waals surface area contributed by atoms with E-state index in [1.54, 1.807) is 18.4 Å². The van der Waals surface area contributed by atoms with Gasteiger partial charge in [0.1, 0.15) is 5.01 Å². The SMILES string of the molecule is CN=C(NCc1cccc(-c2cccc(C)c2)c1)NCc1ncc(C)s1. The number of hydrogen-bond acceptors (Lipinski definition) is 3. The Bertz CT molecular complexity index is 898. The second-order valence-electron chi connectivity index (χ2n) is 6.21. The summed E-state index contributed by atoms with van der Waals surface area (Å²) >= 11 is 1.70. The van der Waals surface area contributed by atoms with Gasteiger partial charge in [0.25, 0.3) is 0 Å². The molecule has 0 aliphatic rings. The van der Waals surface area contributed by atoms with E-state index in [1.165, 1.54) is 27.1 Å². The fourth-order valence-electron chi connectivity index (χ4n) is 2.73. The number of aliphatic imine (C=N–C) groups is 1. The van der Waals surface area contributed by atoms with Gasteiger partial charge in [0.15, 0.2) is 5.96 Å². The third-order valence-corrected chi connectivity index (χ3v) is 4.95. The van der Waals surface area contributed by atoms with Gasteiger partial charge in [-0.25, -0.2) is 4.98 Å². The highest BCUT2D eigenvalue weighted by atomic mass is 32.1. The Labute approximate surface area is 159 Å². The van der Waals surface area contributed by atoms with Gasteiger partial charge in [-0.2, -0.15) is 0 Å². The van der Waals surface area contributed by atoms with Crippen molar-refractivity contribution in [2.45, 2.75) is 26.9 Å². The quantitative estimate of drug-likeness (QED) is 0.524. The van der Waals surface area contributed by atoms with Gasteiger partial charge in [-0.3, -0.25) is 4.99 Å². The van der Waals surface area contributed by atoms with Crippen molar-refractivity contribution in [3.05, 3.63) is 75.7 Å². The van der Waals surface area contributed by atoms with Gasteiger partial charge in [-0.05, 0) is 36.6 Å². The number of nitrogens with one attached hydrogen (secondary N) is 2. The first kappa shape index (κ1) is 18.1. The van der Waals surface area contributed by atoms with Crippen molar-refractivity contribution >= 4 is 17.3 Å². The molecular formula is C21H24N4S. The first-order chi connectivity index (χ1) is 12.6. The average Bonchev–Trinajstić information content (AvgIpc) is 3.07. The van der Waals surface area contributed by atoms with Crippen LogP contribution in [0.4, 0.5) is 0 Å². The lowest BCUT2D eigenvalue weighted by Gasteiger charge is -2.12. The van der Waals surface area contributed by atoms with Crippen LogP contribution in [0.1, 0.15) is 21.0 Å². The number of rotatable bonds is 5. The van der Waals surface area contributed by atoms with Crippen LogP contribution in [0.3, 0.4) is 0 Å². The number of nitrogens with zero attached hydrogens (tertiary/aromatic N) is 2. The van der Waals surface area contributed by atoms with E-state index in [2.05, 4.69) is 83.0 Å². The highest BCUT2D eigenvalue weighted by Gasteiger charge is 2.03. The zero-order valence-corrected chi connectivity index (χ0v) is 16.2. The van der Waals surface area contributed by atoms with Crippen LogP contribution < -0.4 is 10.6 Å². The zero-order chi connectivity index (χ0) is 18.4. The van der Waals surface area contributed by atoms with Gasteiger partial charge in [-0.1, -0.05) is 48.0 Å². The summed E-state index contributed by atoms with van der Waals surface area (Å²) < 4.78 is 0. The van der Waals surface area contributed by atoms with Crippen LogP contribution in [0.5, 0.6) is 0 Å². The summed E-state index contributed by atoms with van der Waals surface area (Å²) in [5, 5.41) is 7.74. The molecule has 0 radical (unpaired) electrons. The van der Waals surface area contributed by atoms with Crippen LogP contribution in [0, 0.1) is 13.8 Å². The number of guanidine groups is 1. The minimum absolute atomic E-state index is 0.682. The van der Waals surface area contributed by atoms with Crippen LogP contribution in [-0.2, 0) is 13.1 Å². The van der Waals surface area contributed by atoms with Crippen LogP contribution >= 0.6 is 11.3 Å². The maximum Gasteiger partial charge on any atom is 0.191 e. The lowest BCUT2D eigenvalue weighted by molar-refractivity contribution is 0.805. The molecule has 0 atom stereocenters. The minimum atomic E-state index is 0.682. The lowest BCUT2D eigenvalue weighted by atomic mass is 10.0. The van der Waals surface area contributed by atoms with E-state index in [-0.39, 0.29) is 0 Å². The van der Waals surface area contributed by atoms with E-state index in [0.29, 0.717) is 6.54 Å². The Morgan fingerprint density at radius 2 is 1.73 bits per heavy atom. The van der Waals surface area contributed by atoms with E-state index in [4.69, 9.17) is 0 Å². The second kappa shape index (κ2) is 8.63. The molecule has 5 heteroatoms. The fraction of sp³-hybridized carbons (Fsp3) is 0.238. The van der Waals surface area contributed by atoms with Crippen LogP contribution in [0.2, 0.25) is 0 Å². The number of aryl methyl sites for hydroxylation is 2. The molecule has 0 unspecified atom stereocenters. The Hall–Kier alpha value is -2.66. The van der Waals surface area contributed by atoms with E-state index in [0.717, 1.165) is 17.5 Å². The van der Waals surface area contributed by atoms with Gasteiger partial charge in [0.05, 0.1) is 6.54 Å². The summed E-state index contributed by atoms with van der Waals surface area (Å²) in [4.78, 5) is 9.87. The molecule has 2 aromatic carbocycles. The predicted molar refractivity (Wildman–Crippen MR) is 111 cm³/mol. The number of benzene rings is 2. The van der Waals surface area contributed by atoms with E-state index < -0.39 is 0 Å². The van der Waals surface area contributed by atoms with Gasteiger partial charge < -0.3 is 10.6 Å². The molecule has 0 amide bonds. The van der Waals surface area contributed by atoms with E-state index in [1.807, 2.05) is 6.20 Å². The molecule has 3 aromatic rings. The molecule has 4 nitrogen and oxygen atoms in total. The molecule has 0 saturated carbocycles. The topological polar surface area (TPSA) is 49.3 Å². The van der Waals surface area contributed by atoms with Gasteiger partial charge >= 0.3 is 0 Å². The Kier molecular flexibility index (Phi) is 6.02. The van der Waals surface area contributed by atoms with Crippen molar-refractivity contribution in [2.75, 3.05) is 7.05 Å². The molecule has 0 spiro atoms. The van der Waals surface area contributed by atoms with Crippen molar-refractivity contribution in [3.63, 3.8) is 0 Å². The van der Waals surface area contributed by atoms with E-state index >= 15 is 0 Å². The van der Waals surface area contributed by atoms with Crippen molar-refractivity contribution < 1.29 is 0 Å². The first-order valence-corrected chi connectivity index (χ1v) is 9.47. The van der Waals surface area contributed by atoms with Gasteiger partial charge in [0, 0.05) is 24.7 Å². The molecule has 26 heavy (non-hydrogen) atoms. The van der Waals surface area contributed by atoms with E-state index in [9.17, 15) is 0 Å². The largest absolute Gasteiger partial charge is 0.352 e.